The number of fused-ring (bicyclic) bond motifs is 3. The van der Waals surface area contributed by atoms with Crippen LogP contribution in [0.3, 0.4) is 0 Å². The van der Waals surface area contributed by atoms with Crippen LogP contribution >= 0.6 is 0 Å². The van der Waals surface area contributed by atoms with Gasteiger partial charge in [-0.1, -0.05) is 24.3 Å². The second kappa shape index (κ2) is 1.88. The van der Waals surface area contributed by atoms with Crippen LogP contribution in [0.5, 0.6) is 0 Å². The molecule has 0 aromatic rings. The SMILES string of the molecule is C1=CC2CC2C2=CCCC=C12. The lowest BCUT2D eigenvalue weighted by Crippen LogP contribution is -1.99. The largest absolute Gasteiger partial charge is 0.0802 e. The van der Waals surface area contributed by atoms with Crippen LogP contribution in [0.15, 0.2) is 35.5 Å². The lowest BCUT2D eigenvalue weighted by atomic mass is 9.90. The van der Waals surface area contributed by atoms with E-state index >= 15 is 0 Å². The Bertz CT molecular complexity index is 278. The number of rotatable bonds is 0. The van der Waals surface area contributed by atoms with E-state index in [1.54, 1.807) is 5.57 Å². The van der Waals surface area contributed by atoms with Gasteiger partial charge in [-0.05, 0) is 42.2 Å². The van der Waals surface area contributed by atoms with Gasteiger partial charge in [-0.2, -0.15) is 0 Å². The molecule has 1 fully saturated rings. The quantitative estimate of drug-likeness (QED) is 0.490. The summed E-state index contributed by atoms with van der Waals surface area (Å²) in [5.74, 6) is 1.84. The highest BCUT2D eigenvalue weighted by Gasteiger charge is 2.41. The van der Waals surface area contributed by atoms with Crippen molar-refractivity contribution in [1.82, 2.24) is 0 Å². The van der Waals surface area contributed by atoms with Crippen molar-refractivity contribution in [1.29, 1.82) is 0 Å². The lowest BCUT2D eigenvalue weighted by molar-refractivity contribution is 0.869. The van der Waals surface area contributed by atoms with E-state index in [1.807, 2.05) is 0 Å². The molecular weight excluding hydrogens is 132 g/mol. The molecule has 0 aliphatic heterocycles. The Morgan fingerprint density at radius 1 is 1.18 bits per heavy atom. The molecule has 0 amide bonds. The molecule has 11 heavy (non-hydrogen) atoms. The topological polar surface area (TPSA) is 0 Å². The van der Waals surface area contributed by atoms with Gasteiger partial charge >= 0.3 is 0 Å². The second-order valence-electron chi connectivity index (χ2n) is 3.76. The van der Waals surface area contributed by atoms with Gasteiger partial charge in [0.2, 0.25) is 0 Å². The lowest BCUT2D eigenvalue weighted by Gasteiger charge is -2.15. The van der Waals surface area contributed by atoms with Crippen molar-refractivity contribution in [3.8, 4) is 0 Å². The molecule has 0 spiro atoms. The summed E-state index contributed by atoms with van der Waals surface area (Å²) in [6.07, 6.45) is 13.5. The fourth-order valence-corrected chi connectivity index (χ4v) is 2.26. The zero-order valence-electron chi connectivity index (χ0n) is 6.59. The average molecular weight is 144 g/mol. The zero-order chi connectivity index (χ0) is 7.26. The fraction of sp³-hybridized carbons (Fsp3) is 0.455. The van der Waals surface area contributed by atoms with Gasteiger partial charge in [0.1, 0.15) is 0 Å². The molecule has 0 aromatic carbocycles. The molecule has 0 heterocycles. The predicted molar refractivity (Wildman–Crippen MR) is 46.1 cm³/mol. The number of hydrogen-bond donors (Lipinski definition) is 0. The summed E-state index contributed by atoms with van der Waals surface area (Å²) in [7, 11) is 0. The Labute approximate surface area is 67.3 Å². The van der Waals surface area contributed by atoms with E-state index in [2.05, 4.69) is 24.3 Å². The maximum atomic E-state index is 2.45. The van der Waals surface area contributed by atoms with Gasteiger partial charge in [0.25, 0.3) is 0 Å². The molecule has 2 unspecified atom stereocenters. The van der Waals surface area contributed by atoms with Crippen molar-refractivity contribution in [2.24, 2.45) is 11.8 Å². The minimum atomic E-state index is 0.913. The van der Waals surface area contributed by atoms with Crippen LogP contribution in [0, 0.1) is 11.8 Å². The molecule has 0 nitrogen and oxygen atoms in total. The maximum absolute atomic E-state index is 2.45. The first-order valence-corrected chi connectivity index (χ1v) is 4.54. The highest BCUT2D eigenvalue weighted by atomic mass is 14.4. The Morgan fingerprint density at radius 2 is 2.09 bits per heavy atom. The molecule has 0 bridgehead atoms. The standard InChI is InChI=1S/C11H12/c1-2-4-10-8(3-1)5-6-9-7-11(9)10/h3-6,9,11H,1-2,7H2. The number of hydrogen-bond acceptors (Lipinski definition) is 0. The van der Waals surface area contributed by atoms with E-state index < -0.39 is 0 Å². The van der Waals surface area contributed by atoms with Crippen molar-refractivity contribution in [3.05, 3.63) is 35.5 Å². The average Bonchev–Trinajstić information content (AvgIpc) is 2.83. The monoisotopic (exact) mass is 144 g/mol. The summed E-state index contributed by atoms with van der Waals surface area (Å²) in [4.78, 5) is 0. The van der Waals surface area contributed by atoms with Gasteiger partial charge in [-0.25, -0.2) is 0 Å². The predicted octanol–water partition coefficient (Wildman–Crippen LogP) is 2.84. The molecule has 0 heteroatoms. The van der Waals surface area contributed by atoms with E-state index in [-0.39, 0.29) is 0 Å². The third kappa shape index (κ3) is 0.756. The summed E-state index contributed by atoms with van der Waals surface area (Å²) in [6.45, 7) is 0. The maximum Gasteiger partial charge on any atom is -0.00902 e. The van der Waals surface area contributed by atoms with Gasteiger partial charge in [-0.15, -0.1) is 0 Å². The zero-order valence-corrected chi connectivity index (χ0v) is 6.59. The summed E-state index contributed by atoms with van der Waals surface area (Å²) in [5.41, 5.74) is 3.18. The summed E-state index contributed by atoms with van der Waals surface area (Å²) in [5, 5.41) is 0. The van der Waals surface area contributed by atoms with Crippen molar-refractivity contribution in [2.75, 3.05) is 0 Å². The van der Waals surface area contributed by atoms with Gasteiger partial charge in [0, 0.05) is 0 Å². The molecule has 3 aliphatic carbocycles. The molecule has 0 aromatic heterocycles. The third-order valence-corrected chi connectivity index (χ3v) is 2.99. The van der Waals surface area contributed by atoms with E-state index in [0.29, 0.717) is 0 Å². The van der Waals surface area contributed by atoms with Crippen LogP contribution in [0.2, 0.25) is 0 Å². The second-order valence-corrected chi connectivity index (χ2v) is 3.76. The highest BCUT2D eigenvalue weighted by Crippen LogP contribution is 2.51. The molecular formula is C11H12. The molecule has 0 saturated heterocycles. The van der Waals surface area contributed by atoms with Crippen molar-refractivity contribution in [2.45, 2.75) is 19.3 Å². The fourth-order valence-electron chi connectivity index (χ4n) is 2.26. The van der Waals surface area contributed by atoms with Crippen LogP contribution in [0.4, 0.5) is 0 Å². The van der Waals surface area contributed by atoms with Crippen LogP contribution in [0.25, 0.3) is 0 Å². The molecule has 2 atom stereocenters. The van der Waals surface area contributed by atoms with E-state index in [0.717, 1.165) is 11.8 Å². The van der Waals surface area contributed by atoms with E-state index in [4.69, 9.17) is 0 Å². The normalized spacial score (nSPS) is 38.5. The third-order valence-electron chi connectivity index (χ3n) is 2.99. The Morgan fingerprint density at radius 3 is 3.09 bits per heavy atom. The Kier molecular flexibility index (Phi) is 0.993. The van der Waals surface area contributed by atoms with E-state index in [1.165, 1.54) is 24.8 Å². The van der Waals surface area contributed by atoms with Crippen LogP contribution < -0.4 is 0 Å². The minimum absolute atomic E-state index is 0.913. The summed E-state index contributed by atoms with van der Waals surface area (Å²) < 4.78 is 0. The van der Waals surface area contributed by atoms with Gasteiger partial charge in [-0.3, -0.25) is 0 Å². The molecule has 3 aliphatic rings. The van der Waals surface area contributed by atoms with Gasteiger partial charge < -0.3 is 0 Å². The van der Waals surface area contributed by atoms with Gasteiger partial charge in [0.15, 0.2) is 0 Å². The van der Waals surface area contributed by atoms with Crippen molar-refractivity contribution >= 4 is 0 Å². The van der Waals surface area contributed by atoms with Crippen molar-refractivity contribution in [3.63, 3.8) is 0 Å². The first-order chi connectivity index (χ1) is 5.45. The Hall–Kier alpha value is -0.780. The van der Waals surface area contributed by atoms with Crippen molar-refractivity contribution < 1.29 is 0 Å². The number of allylic oxidation sites excluding steroid dienone is 6. The highest BCUT2D eigenvalue weighted by molar-refractivity contribution is 5.50. The molecule has 0 radical (unpaired) electrons. The van der Waals surface area contributed by atoms with Crippen LogP contribution in [-0.4, -0.2) is 0 Å². The first-order valence-electron chi connectivity index (χ1n) is 4.54. The Balaban J connectivity index is 2.08. The molecule has 3 rings (SSSR count). The van der Waals surface area contributed by atoms with Gasteiger partial charge in [0.05, 0.1) is 0 Å². The smallest absolute Gasteiger partial charge is 0.00902 e. The summed E-state index contributed by atoms with van der Waals surface area (Å²) >= 11 is 0. The van der Waals surface area contributed by atoms with E-state index in [9.17, 15) is 0 Å². The first kappa shape index (κ1) is 5.82. The van der Waals surface area contributed by atoms with Crippen LogP contribution in [-0.2, 0) is 0 Å². The van der Waals surface area contributed by atoms with Crippen LogP contribution in [0.1, 0.15) is 19.3 Å². The molecule has 56 valence electrons. The summed E-state index contributed by atoms with van der Waals surface area (Å²) in [6, 6.07) is 0. The molecule has 0 N–H and O–H groups in total. The minimum Gasteiger partial charge on any atom is -0.0802 e. The molecule has 1 saturated carbocycles.